The van der Waals surface area contributed by atoms with Crippen molar-refractivity contribution >= 4 is 6.08 Å². The Morgan fingerprint density at radius 1 is 1.21 bits per heavy atom. The number of nitrogens with one attached hydrogen (secondary N) is 1. The minimum absolute atomic E-state index is 0.277. The first-order chi connectivity index (χ1) is 9.36. The summed E-state index contributed by atoms with van der Waals surface area (Å²) in [5.41, 5.74) is 4.17. The second kappa shape index (κ2) is 5.76. The van der Waals surface area contributed by atoms with Gasteiger partial charge in [-0.1, -0.05) is 24.3 Å². The van der Waals surface area contributed by atoms with Gasteiger partial charge in [-0.25, -0.2) is 0 Å². The van der Waals surface area contributed by atoms with Crippen LogP contribution in [0.15, 0.2) is 30.0 Å². The van der Waals surface area contributed by atoms with E-state index in [-0.39, 0.29) is 6.61 Å². The standard InChI is InChI=1S/C16H22N2O/c19-10-9-18-7-5-13(6-8-18)16-11-14-3-1-2-4-15(14)12-17-16/h1-4,11,13,17,19H,5-10,12H2. The Morgan fingerprint density at radius 3 is 2.79 bits per heavy atom. The Bertz CT molecular complexity index is 462. The minimum Gasteiger partial charge on any atom is -0.395 e. The zero-order valence-corrected chi connectivity index (χ0v) is 11.3. The lowest BCUT2D eigenvalue weighted by Crippen LogP contribution is -2.38. The van der Waals surface area contributed by atoms with Gasteiger partial charge >= 0.3 is 0 Å². The molecule has 0 atom stereocenters. The Balaban J connectivity index is 1.67. The molecule has 19 heavy (non-hydrogen) atoms. The number of β-amino-alcohol motifs (C(OH)–C–C–N with tert-alkyl or cyclic N) is 1. The van der Waals surface area contributed by atoms with Gasteiger partial charge in [-0.15, -0.1) is 0 Å². The maximum Gasteiger partial charge on any atom is 0.0558 e. The molecule has 0 aliphatic carbocycles. The van der Waals surface area contributed by atoms with E-state index in [9.17, 15) is 0 Å². The normalized spacial score (nSPS) is 20.6. The van der Waals surface area contributed by atoms with Crippen molar-refractivity contribution in [3.63, 3.8) is 0 Å². The fraction of sp³-hybridized carbons (Fsp3) is 0.500. The summed E-state index contributed by atoms with van der Waals surface area (Å²) >= 11 is 0. The lowest BCUT2D eigenvalue weighted by atomic mass is 9.89. The molecule has 0 amide bonds. The summed E-state index contributed by atoms with van der Waals surface area (Å²) in [5, 5.41) is 12.6. The summed E-state index contributed by atoms with van der Waals surface area (Å²) in [6.45, 7) is 4.26. The average Bonchev–Trinajstić information content (AvgIpc) is 2.48. The van der Waals surface area contributed by atoms with Gasteiger partial charge in [0.1, 0.15) is 0 Å². The predicted octanol–water partition coefficient (Wildman–Crippen LogP) is 1.83. The van der Waals surface area contributed by atoms with E-state index in [0.29, 0.717) is 5.92 Å². The molecule has 0 aromatic heterocycles. The first-order valence-electron chi connectivity index (χ1n) is 7.23. The molecule has 1 fully saturated rings. The highest BCUT2D eigenvalue weighted by Gasteiger charge is 2.23. The van der Waals surface area contributed by atoms with Crippen LogP contribution in [0.1, 0.15) is 24.0 Å². The number of allylic oxidation sites excluding steroid dienone is 1. The fourth-order valence-corrected chi connectivity index (χ4v) is 3.12. The second-order valence-electron chi connectivity index (χ2n) is 5.49. The van der Waals surface area contributed by atoms with Crippen LogP contribution in [-0.4, -0.2) is 36.2 Å². The van der Waals surface area contributed by atoms with Gasteiger partial charge in [0.15, 0.2) is 0 Å². The van der Waals surface area contributed by atoms with Crippen LogP contribution < -0.4 is 5.32 Å². The van der Waals surface area contributed by atoms with Gasteiger partial charge in [-0.05, 0) is 43.1 Å². The van der Waals surface area contributed by atoms with E-state index in [4.69, 9.17) is 5.11 Å². The molecule has 1 aromatic rings. The van der Waals surface area contributed by atoms with Crippen LogP contribution in [-0.2, 0) is 6.54 Å². The molecule has 3 rings (SSSR count). The Labute approximate surface area is 114 Å². The third kappa shape index (κ3) is 2.82. The first-order valence-corrected chi connectivity index (χ1v) is 7.23. The molecule has 2 aliphatic heterocycles. The SMILES string of the molecule is OCCN1CCC(C2=Cc3ccccc3CN2)CC1. The van der Waals surface area contributed by atoms with Gasteiger partial charge in [0, 0.05) is 24.7 Å². The predicted molar refractivity (Wildman–Crippen MR) is 77.5 cm³/mol. The van der Waals surface area contributed by atoms with Crippen LogP contribution in [0.5, 0.6) is 0 Å². The molecule has 3 heteroatoms. The van der Waals surface area contributed by atoms with E-state index in [1.54, 1.807) is 0 Å². The number of hydrogen-bond acceptors (Lipinski definition) is 3. The van der Waals surface area contributed by atoms with E-state index in [0.717, 1.165) is 26.2 Å². The molecule has 102 valence electrons. The van der Waals surface area contributed by atoms with Crippen molar-refractivity contribution in [2.24, 2.45) is 5.92 Å². The summed E-state index contributed by atoms with van der Waals surface area (Å²) in [6.07, 6.45) is 4.72. The summed E-state index contributed by atoms with van der Waals surface area (Å²) < 4.78 is 0. The van der Waals surface area contributed by atoms with Gasteiger partial charge in [0.05, 0.1) is 6.61 Å². The number of likely N-dealkylation sites (tertiary alicyclic amines) is 1. The molecular formula is C16H22N2O. The van der Waals surface area contributed by atoms with E-state index in [1.807, 2.05) is 0 Å². The smallest absolute Gasteiger partial charge is 0.0558 e. The molecule has 0 unspecified atom stereocenters. The molecule has 2 N–H and O–H groups in total. The van der Waals surface area contributed by atoms with Crippen molar-refractivity contribution in [2.45, 2.75) is 19.4 Å². The molecular weight excluding hydrogens is 236 g/mol. The van der Waals surface area contributed by atoms with Crippen LogP contribution in [0, 0.1) is 5.92 Å². The number of nitrogens with zero attached hydrogens (tertiary/aromatic N) is 1. The molecule has 1 aromatic carbocycles. The van der Waals surface area contributed by atoms with Crippen LogP contribution in [0.2, 0.25) is 0 Å². The third-order valence-electron chi connectivity index (χ3n) is 4.29. The third-order valence-corrected chi connectivity index (χ3v) is 4.29. The van der Waals surface area contributed by atoms with Crippen molar-refractivity contribution in [1.29, 1.82) is 0 Å². The van der Waals surface area contributed by atoms with Gasteiger partial charge in [-0.2, -0.15) is 0 Å². The van der Waals surface area contributed by atoms with E-state index < -0.39 is 0 Å². The average molecular weight is 258 g/mol. The highest BCUT2D eigenvalue weighted by atomic mass is 16.3. The van der Waals surface area contributed by atoms with Gasteiger partial charge in [0.25, 0.3) is 0 Å². The number of benzene rings is 1. The molecule has 0 radical (unpaired) electrons. The second-order valence-corrected chi connectivity index (χ2v) is 5.49. The zero-order chi connectivity index (χ0) is 13.1. The summed E-state index contributed by atoms with van der Waals surface area (Å²) in [4.78, 5) is 2.35. The molecule has 0 bridgehead atoms. The van der Waals surface area contributed by atoms with Crippen molar-refractivity contribution < 1.29 is 5.11 Å². The number of fused-ring (bicyclic) bond motifs is 1. The largest absolute Gasteiger partial charge is 0.395 e. The van der Waals surface area contributed by atoms with Crippen molar-refractivity contribution in [3.8, 4) is 0 Å². The lowest BCUT2D eigenvalue weighted by molar-refractivity contribution is 0.155. The van der Waals surface area contributed by atoms with Crippen molar-refractivity contribution in [2.75, 3.05) is 26.2 Å². The maximum absolute atomic E-state index is 8.98. The fourth-order valence-electron chi connectivity index (χ4n) is 3.12. The number of aliphatic hydroxyl groups excluding tert-OH is 1. The minimum atomic E-state index is 0.277. The zero-order valence-electron chi connectivity index (χ0n) is 11.3. The maximum atomic E-state index is 8.98. The number of piperidine rings is 1. The summed E-state index contributed by atoms with van der Waals surface area (Å²) in [5.74, 6) is 0.656. The van der Waals surface area contributed by atoms with Gasteiger partial charge in [0.2, 0.25) is 0 Å². The number of rotatable bonds is 3. The van der Waals surface area contributed by atoms with Crippen LogP contribution in [0.4, 0.5) is 0 Å². The number of hydrogen-bond donors (Lipinski definition) is 2. The topological polar surface area (TPSA) is 35.5 Å². The summed E-state index contributed by atoms with van der Waals surface area (Å²) in [7, 11) is 0. The Hall–Kier alpha value is -1.32. The Kier molecular flexibility index (Phi) is 3.85. The Morgan fingerprint density at radius 2 is 2.00 bits per heavy atom. The van der Waals surface area contributed by atoms with Crippen LogP contribution >= 0.6 is 0 Å². The van der Waals surface area contributed by atoms with E-state index in [2.05, 4.69) is 40.6 Å². The summed E-state index contributed by atoms with van der Waals surface area (Å²) in [6, 6.07) is 8.62. The first kappa shape index (κ1) is 12.7. The molecule has 2 heterocycles. The monoisotopic (exact) mass is 258 g/mol. The molecule has 0 spiro atoms. The highest BCUT2D eigenvalue weighted by Crippen LogP contribution is 2.28. The molecule has 1 saturated heterocycles. The highest BCUT2D eigenvalue weighted by molar-refractivity contribution is 5.59. The van der Waals surface area contributed by atoms with Crippen LogP contribution in [0.25, 0.3) is 6.08 Å². The van der Waals surface area contributed by atoms with Gasteiger partial charge in [-0.3, -0.25) is 0 Å². The van der Waals surface area contributed by atoms with Crippen molar-refractivity contribution in [1.82, 2.24) is 10.2 Å². The van der Waals surface area contributed by atoms with Gasteiger partial charge < -0.3 is 15.3 Å². The van der Waals surface area contributed by atoms with Crippen molar-refractivity contribution in [3.05, 3.63) is 41.1 Å². The lowest BCUT2D eigenvalue weighted by Gasteiger charge is -2.34. The number of aliphatic hydroxyl groups is 1. The molecule has 0 saturated carbocycles. The van der Waals surface area contributed by atoms with E-state index >= 15 is 0 Å². The quantitative estimate of drug-likeness (QED) is 0.868. The van der Waals surface area contributed by atoms with E-state index in [1.165, 1.54) is 29.7 Å². The molecule has 2 aliphatic rings. The van der Waals surface area contributed by atoms with Crippen LogP contribution in [0.3, 0.4) is 0 Å². The molecule has 3 nitrogen and oxygen atoms in total.